The van der Waals surface area contributed by atoms with E-state index in [1.54, 1.807) is 19.0 Å². The highest BCUT2D eigenvalue weighted by Gasteiger charge is 2.47. The molecule has 45 heavy (non-hydrogen) atoms. The third-order valence-corrected chi connectivity index (χ3v) is 10.0. The number of hydrogen-bond donors (Lipinski definition) is 4. The number of aromatic amines is 1. The predicted molar refractivity (Wildman–Crippen MR) is 165 cm³/mol. The van der Waals surface area contributed by atoms with Crippen molar-refractivity contribution in [3.63, 3.8) is 0 Å². The minimum absolute atomic E-state index is 0.0640. The molecule has 4 N–H and O–H groups in total. The number of nitrogens with zero attached hydrogens (tertiary/aromatic N) is 5. The highest BCUT2D eigenvalue weighted by molar-refractivity contribution is 5.95. The van der Waals surface area contributed by atoms with Gasteiger partial charge in [0.2, 0.25) is 5.91 Å². The van der Waals surface area contributed by atoms with Crippen molar-refractivity contribution >= 4 is 17.7 Å². The fourth-order valence-corrected chi connectivity index (χ4v) is 7.43. The van der Waals surface area contributed by atoms with Crippen LogP contribution in [0.1, 0.15) is 87.3 Å². The maximum Gasteiger partial charge on any atom is 0.251 e. The molecule has 1 saturated heterocycles. The Morgan fingerprint density at radius 3 is 2.16 bits per heavy atom. The van der Waals surface area contributed by atoms with E-state index in [9.17, 15) is 19.6 Å². The minimum atomic E-state index is -0.869. The number of hydrogen-bond acceptors (Lipinski definition) is 8. The van der Waals surface area contributed by atoms with Gasteiger partial charge in [-0.1, -0.05) is 18.6 Å². The highest BCUT2D eigenvalue weighted by Crippen LogP contribution is 2.49. The van der Waals surface area contributed by atoms with Gasteiger partial charge in [0, 0.05) is 37.8 Å². The summed E-state index contributed by atoms with van der Waals surface area (Å²) in [5.41, 5.74) is 4.24. The smallest absolute Gasteiger partial charge is 0.251 e. The van der Waals surface area contributed by atoms with Crippen molar-refractivity contribution in [2.24, 2.45) is 5.92 Å². The minimum Gasteiger partial charge on any atom is -0.355 e. The van der Waals surface area contributed by atoms with E-state index in [0.29, 0.717) is 55.1 Å². The molecule has 234 valence electrons. The quantitative estimate of drug-likeness (QED) is 0.286. The number of amides is 3. The molecule has 2 atom stereocenters. The van der Waals surface area contributed by atoms with Crippen molar-refractivity contribution < 1.29 is 14.4 Å². The van der Waals surface area contributed by atoms with Gasteiger partial charge >= 0.3 is 0 Å². The number of benzene rings is 2. The maximum absolute atomic E-state index is 13.4. The molecule has 0 bridgehead atoms. The molecular weight excluding hydrogens is 570 g/mol. The summed E-state index contributed by atoms with van der Waals surface area (Å²) >= 11 is 0. The lowest BCUT2D eigenvalue weighted by molar-refractivity contribution is -0.130. The summed E-state index contributed by atoms with van der Waals surface area (Å²) < 4.78 is 0. The Morgan fingerprint density at radius 1 is 1.00 bits per heavy atom. The molecule has 12 nitrogen and oxygen atoms in total. The van der Waals surface area contributed by atoms with Gasteiger partial charge in [0.1, 0.15) is 6.04 Å². The second kappa shape index (κ2) is 12.8. The standard InChI is InChI=1S/C33H39N9O3/c1-35-30(44)23-10-12-26-21(15-23)8-9-22-16-24(31(45)36-2)11-13-27(22)33(26,32-38-40-41-39-32)17-28(20-5-3-6-20)37-19-29(43)42-14-4-7-25(42)18-34/h10-13,15-16,20,25,28,37H,3-9,14,17,19H2,1-2H3,(H,35,44)(H,36,45)(H,38,39,40,41)/t25?,28-/m1/s1. The van der Waals surface area contributed by atoms with Gasteiger partial charge in [0.25, 0.3) is 11.8 Å². The summed E-state index contributed by atoms with van der Waals surface area (Å²) in [6.45, 7) is 0.734. The van der Waals surface area contributed by atoms with E-state index in [-0.39, 0.29) is 36.3 Å². The van der Waals surface area contributed by atoms with Crippen LogP contribution in [0, 0.1) is 17.2 Å². The summed E-state index contributed by atoms with van der Waals surface area (Å²) in [5.74, 6) is 0.498. The van der Waals surface area contributed by atoms with Gasteiger partial charge in [-0.25, -0.2) is 5.10 Å². The van der Waals surface area contributed by atoms with E-state index in [1.807, 2.05) is 36.4 Å². The zero-order valence-electron chi connectivity index (χ0n) is 25.7. The lowest BCUT2D eigenvalue weighted by atomic mass is 9.64. The van der Waals surface area contributed by atoms with E-state index in [0.717, 1.165) is 47.9 Å². The van der Waals surface area contributed by atoms with Crippen LogP contribution < -0.4 is 16.0 Å². The Bertz CT molecular complexity index is 1560. The number of tetrazole rings is 1. The molecule has 1 aromatic heterocycles. The van der Waals surface area contributed by atoms with Gasteiger partial charge in [-0.05, 0) is 108 Å². The SMILES string of the molecule is CNC(=O)c1ccc2c(c1)CCc1cc(C(=O)NC)ccc1C2(C[C@@H](NCC(=O)N1CCCC1C#N)C1CCC1)c1nnn[nH]1. The molecule has 0 radical (unpaired) electrons. The molecule has 12 heteroatoms. The third kappa shape index (κ3) is 5.57. The Kier molecular flexibility index (Phi) is 8.63. The van der Waals surface area contributed by atoms with Crippen LogP contribution in [0.4, 0.5) is 0 Å². The second-order valence-corrected chi connectivity index (χ2v) is 12.3. The molecule has 3 amide bonds. The first-order valence-corrected chi connectivity index (χ1v) is 15.8. The van der Waals surface area contributed by atoms with Crippen LogP contribution in [0.15, 0.2) is 36.4 Å². The number of H-pyrrole nitrogens is 1. The molecule has 3 aliphatic rings. The zero-order valence-corrected chi connectivity index (χ0v) is 25.7. The van der Waals surface area contributed by atoms with E-state index < -0.39 is 5.41 Å². The number of fused-ring (bicyclic) bond motifs is 2. The summed E-state index contributed by atoms with van der Waals surface area (Å²) in [7, 11) is 3.23. The number of aromatic nitrogens is 4. The largest absolute Gasteiger partial charge is 0.355 e. The van der Waals surface area contributed by atoms with Gasteiger partial charge in [-0.2, -0.15) is 5.26 Å². The molecule has 2 aliphatic carbocycles. The van der Waals surface area contributed by atoms with Gasteiger partial charge < -0.3 is 20.9 Å². The average molecular weight is 610 g/mol. The summed E-state index contributed by atoms with van der Waals surface area (Å²) in [6, 6.07) is 13.4. The molecule has 1 saturated carbocycles. The van der Waals surface area contributed by atoms with Gasteiger partial charge in [-0.15, -0.1) is 5.10 Å². The van der Waals surface area contributed by atoms with Crippen molar-refractivity contribution in [1.29, 1.82) is 5.26 Å². The Balaban J connectivity index is 1.48. The van der Waals surface area contributed by atoms with Crippen molar-refractivity contribution in [2.75, 3.05) is 27.2 Å². The Hall–Kier alpha value is -4.63. The third-order valence-electron chi connectivity index (χ3n) is 10.0. The van der Waals surface area contributed by atoms with Crippen molar-refractivity contribution in [3.8, 4) is 6.07 Å². The first-order chi connectivity index (χ1) is 21.9. The van der Waals surface area contributed by atoms with Crippen LogP contribution in [-0.2, 0) is 23.1 Å². The molecule has 0 spiro atoms. The molecule has 6 rings (SSSR count). The normalized spacial score (nSPS) is 19.3. The lowest BCUT2D eigenvalue weighted by Gasteiger charge is -2.42. The number of rotatable bonds is 9. The Morgan fingerprint density at radius 2 is 1.64 bits per heavy atom. The van der Waals surface area contributed by atoms with Crippen LogP contribution in [0.3, 0.4) is 0 Å². The van der Waals surface area contributed by atoms with Crippen LogP contribution in [0.25, 0.3) is 0 Å². The summed E-state index contributed by atoms with van der Waals surface area (Å²) in [5, 5.41) is 34.3. The highest BCUT2D eigenvalue weighted by atomic mass is 16.2. The van der Waals surface area contributed by atoms with Crippen LogP contribution in [0.2, 0.25) is 0 Å². The number of aryl methyl sites for hydroxylation is 2. The van der Waals surface area contributed by atoms with Gasteiger partial charge in [-0.3, -0.25) is 14.4 Å². The van der Waals surface area contributed by atoms with Gasteiger partial charge in [0.05, 0.1) is 18.0 Å². The van der Waals surface area contributed by atoms with Crippen LogP contribution in [-0.4, -0.2) is 82.5 Å². The first-order valence-electron chi connectivity index (χ1n) is 15.8. The predicted octanol–water partition coefficient (Wildman–Crippen LogP) is 2.01. The molecule has 2 fully saturated rings. The topological polar surface area (TPSA) is 169 Å². The van der Waals surface area contributed by atoms with E-state index in [2.05, 4.69) is 42.6 Å². The number of likely N-dealkylation sites (tertiary alicyclic amines) is 1. The van der Waals surface area contributed by atoms with E-state index >= 15 is 0 Å². The Labute approximate surface area is 262 Å². The monoisotopic (exact) mass is 609 g/mol. The molecule has 2 aromatic carbocycles. The van der Waals surface area contributed by atoms with Gasteiger partial charge in [0.15, 0.2) is 5.82 Å². The number of carbonyl (C=O) groups is 3. The molecular formula is C33H39N9O3. The van der Waals surface area contributed by atoms with E-state index in [1.165, 1.54) is 0 Å². The average Bonchev–Trinajstić information content (AvgIpc) is 3.74. The van der Waals surface area contributed by atoms with Crippen molar-refractivity contribution in [3.05, 3.63) is 75.6 Å². The summed E-state index contributed by atoms with van der Waals surface area (Å²) in [4.78, 5) is 40.5. The number of nitriles is 1. The van der Waals surface area contributed by atoms with Crippen LogP contribution in [0.5, 0.6) is 0 Å². The number of carbonyl (C=O) groups excluding carboxylic acids is 3. The van der Waals surface area contributed by atoms with Crippen LogP contribution >= 0.6 is 0 Å². The zero-order chi connectivity index (χ0) is 31.6. The molecule has 1 unspecified atom stereocenters. The molecule has 2 heterocycles. The number of nitrogens with one attached hydrogen (secondary N) is 4. The maximum atomic E-state index is 13.4. The second-order valence-electron chi connectivity index (χ2n) is 12.3. The fraction of sp³-hybridized carbons (Fsp3) is 0.485. The summed E-state index contributed by atoms with van der Waals surface area (Å²) in [6.07, 6.45) is 6.58. The first kappa shape index (κ1) is 30.4. The van der Waals surface area contributed by atoms with E-state index in [4.69, 9.17) is 0 Å². The fourth-order valence-electron chi connectivity index (χ4n) is 7.43. The molecule has 3 aromatic rings. The molecule has 1 aliphatic heterocycles. The van der Waals surface area contributed by atoms with Crippen molar-refractivity contribution in [1.82, 2.24) is 41.5 Å². The lowest BCUT2D eigenvalue weighted by Crippen LogP contribution is -2.50. The van der Waals surface area contributed by atoms with Crippen molar-refractivity contribution in [2.45, 2.75) is 68.9 Å².